The predicted molar refractivity (Wildman–Crippen MR) is 62.8 cm³/mol. The Hall–Kier alpha value is -1.28. The molecular weight excluding hydrogens is 210 g/mol. The van der Waals surface area contributed by atoms with Gasteiger partial charge in [0, 0.05) is 11.1 Å². The average Bonchev–Trinajstić information content (AvgIpc) is 2.19. The lowest BCUT2D eigenvalue weighted by atomic mass is 10.1. The van der Waals surface area contributed by atoms with E-state index in [4.69, 9.17) is 16.3 Å². The second-order valence-electron chi connectivity index (χ2n) is 3.59. The first kappa shape index (κ1) is 10.2. The average molecular weight is 222 g/mol. The van der Waals surface area contributed by atoms with Gasteiger partial charge in [-0.1, -0.05) is 11.6 Å². The third kappa shape index (κ3) is 1.77. The van der Waals surface area contributed by atoms with E-state index in [2.05, 4.69) is 4.98 Å². The molecule has 2 aromatic rings. The van der Waals surface area contributed by atoms with Gasteiger partial charge in [-0.25, -0.2) is 0 Å². The molecule has 0 aliphatic heterocycles. The van der Waals surface area contributed by atoms with E-state index in [1.54, 1.807) is 7.11 Å². The first-order valence-electron chi connectivity index (χ1n) is 4.73. The van der Waals surface area contributed by atoms with Crippen LogP contribution in [0.3, 0.4) is 0 Å². The zero-order valence-corrected chi connectivity index (χ0v) is 9.72. The van der Waals surface area contributed by atoms with Gasteiger partial charge in [0.2, 0.25) is 0 Å². The van der Waals surface area contributed by atoms with Gasteiger partial charge in [-0.15, -0.1) is 0 Å². The Morgan fingerprint density at radius 3 is 2.60 bits per heavy atom. The summed E-state index contributed by atoms with van der Waals surface area (Å²) in [4.78, 5) is 4.47. The third-order valence-electron chi connectivity index (χ3n) is 2.39. The van der Waals surface area contributed by atoms with E-state index in [9.17, 15) is 0 Å². The van der Waals surface area contributed by atoms with Gasteiger partial charge < -0.3 is 4.74 Å². The minimum absolute atomic E-state index is 0.722. The van der Waals surface area contributed by atoms with Crippen LogP contribution in [-0.2, 0) is 0 Å². The second kappa shape index (κ2) is 3.70. The zero-order valence-electron chi connectivity index (χ0n) is 8.97. The standard InChI is InChI=1S/C12H12ClNO/c1-7-4-9(15-3)6-10-11(13)5-8(2)14-12(7)10/h4-6H,1-3H3. The van der Waals surface area contributed by atoms with E-state index in [0.717, 1.165) is 32.9 Å². The summed E-state index contributed by atoms with van der Waals surface area (Å²) in [6.07, 6.45) is 0. The number of ether oxygens (including phenoxy) is 1. The summed E-state index contributed by atoms with van der Waals surface area (Å²) in [5.41, 5.74) is 2.96. The molecule has 0 radical (unpaired) electrons. The van der Waals surface area contributed by atoms with Crippen molar-refractivity contribution in [3.8, 4) is 5.75 Å². The fourth-order valence-corrected chi connectivity index (χ4v) is 1.97. The highest BCUT2D eigenvalue weighted by Crippen LogP contribution is 2.29. The Labute approximate surface area is 93.8 Å². The lowest BCUT2D eigenvalue weighted by Gasteiger charge is -2.07. The van der Waals surface area contributed by atoms with Crippen molar-refractivity contribution in [1.29, 1.82) is 0 Å². The summed E-state index contributed by atoms with van der Waals surface area (Å²) in [7, 11) is 1.65. The largest absolute Gasteiger partial charge is 0.497 e. The number of benzene rings is 1. The van der Waals surface area contributed by atoms with Crippen molar-refractivity contribution in [2.45, 2.75) is 13.8 Å². The van der Waals surface area contributed by atoms with Gasteiger partial charge in [-0.2, -0.15) is 0 Å². The number of hydrogen-bond acceptors (Lipinski definition) is 2. The number of aryl methyl sites for hydroxylation is 2. The lowest BCUT2D eigenvalue weighted by molar-refractivity contribution is 0.415. The molecule has 0 bridgehead atoms. The molecule has 0 spiro atoms. The van der Waals surface area contributed by atoms with Crippen molar-refractivity contribution in [2.24, 2.45) is 0 Å². The number of rotatable bonds is 1. The summed E-state index contributed by atoms with van der Waals surface area (Å²) < 4.78 is 5.20. The Bertz CT molecular complexity index is 523. The molecule has 0 aliphatic carbocycles. The molecule has 0 amide bonds. The molecule has 0 N–H and O–H groups in total. The van der Waals surface area contributed by atoms with E-state index in [1.165, 1.54) is 0 Å². The molecule has 2 nitrogen and oxygen atoms in total. The zero-order chi connectivity index (χ0) is 11.0. The van der Waals surface area contributed by atoms with Gasteiger partial charge in [-0.3, -0.25) is 4.98 Å². The number of aromatic nitrogens is 1. The van der Waals surface area contributed by atoms with Gasteiger partial charge in [0.25, 0.3) is 0 Å². The van der Waals surface area contributed by atoms with Gasteiger partial charge in [0.15, 0.2) is 0 Å². The highest BCUT2D eigenvalue weighted by atomic mass is 35.5. The molecule has 2 rings (SSSR count). The molecule has 1 aromatic carbocycles. The van der Waals surface area contributed by atoms with Crippen molar-refractivity contribution in [3.63, 3.8) is 0 Å². The van der Waals surface area contributed by atoms with Crippen LogP contribution < -0.4 is 4.74 Å². The van der Waals surface area contributed by atoms with Gasteiger partial charge >= 0.3 is 0 Å². The van der Waals surface area contributed by atoms with E-state index < -0.39 is 0 Å². The Kier molecular flexibility index (Phi) is 2.53. The van der Waals surface area contributed by atoms with E-state index >= 15 is 0 Å². The molecule has 0 aliphatic rings. The first-order chi connectivity index (χ1) is 7.11. The fraction of sp³-hybridized carbons (Fsp3) is 0.250. The van der Waals surface area contributed by atoms with Crippen LogP contribution in [0.4, 0.5) is 0 Å². The topological polar surface area (TPSA) is 22.1 Å². The lowest BCUT2D eigenvalue weighted by Crippen LogP contribution is -1.90. The Morgan fingerprint density at radius 2 is 1.93 bits per heavy atom. The molecule has 1 heterocycles. The highest BCUT2D eigenvalue weighted by molar-refractivity contribution is 6.35. The molecular formula is C12H12ClNO. The molecule has 0 saturated carbocycles. The SMILES string of the molecule is COc1cc(C)c2nc(C)cc(Cl)c2c1. The van der Waals surface area contributed by atoms with Crippen LogP contribution in [0.2, 0.25) is 5.02 Å². The van der Waals surface area contributed by atoms with Gasteiger partial charge in [0.05, 0.1) is 17.6 Å². The van der Waals surface area contributed by atoms with E-state index in [-0.39, 0.29) is 0 Å². The predicted octanol–water partition coefficient (Wildman–Crippen LogP) is 3.51. The highest BCUT2D eigenvalue weighted by Gasteiger charge is 2.06. The second-order valence-corrected chi connectivity index (χ2v) is 3.99. The van der Waals surface area contributed by atoms with Gasteiger partial charge in [0.1, 0.15) is 5.75 Å². The number of methoxy groups -OCH3 is 1. The normalized spacial score (nSPS) is 10.7. The summed E-state index contributed by atoms with van der Waals surface area (Å²) >= 11 is 6.17. The van der Waals surface area contributed by atoms with Crippen molar-refractivity contribution in [2.75, 3.05) is 7.11 Å². The van der Waals surface area contributed by atoms with Crippen LogP contribution in [0, 0.1) is 13.8 Å². The molecule has 78 valence electrons. The van der Waals surface area contributed by atoms with E-state index in [1.807, 2.05) is 32.0 Å². The minimum atomic E-state index is 0.722. The summed E-state index contributed by atoms with van der Waals surface area (Å²) in [6.45, 7) is 3.95. The van der Waals surface area contributed by atoms with Crippen LogP contribution in [0.15, 0.2) is 18.2 Å². The smallest absolute Gasteiger partial charge is 0.119 e. The summed E-state index contributed by atoms with van der Waals surface area (Å²) in [5, 5.41) is 1.67. The van der Waals surface area contributed by atoms with Crippen LogP contribution in [-0.4, -0.2) is 12.1 Å². The number of fused-ring (bicyclic) bond motifs is 1. The summed E-state index contributed by atoms with van der Waals surface area (Å²) in [5.74, 6) is 0.813. The maximum Gasteiger partial charge on any atom is 0.119 e. The number of halogens is 1. The van der Waals surface area contributed by atoms with E-state index in [0.29, 0.717) is 0 Å². The van der Waals surface area contributed by atoms with Crippen molar-refractivity contribution >= 4 is 22.5 Å². The molecule has 0 fully saturated rings. The van der Waals surface area contributed by atoms with Crippen LogP contribution >= 0.6 is 11.6 Å². The number of pyridine rings is 1. The number of nitrogens with zero attached hydrogens (tertiary/aromatic N) is 1. The summed E-state index contributed by atoms with van der Waals surface area (Å²) in [6, 6.07) is 5.74. The Morgan fingerprint density at radius 1 is 1.20 bits per heavy atom. The van der Waals surface area contributed by atoms with Crippen molar-refractivity contribution in [1.82, 2.24) is 4.98 Å². The molecule has 0 saturated heterocycles. The van der Waals surface area contributed by atoms with Crippen LogP contribution in [0.1, 0.15) is 11.3 Å². The molecule has 0 atom stereocenters. The maximum atomic E-state index is 6.17. The third-order valence-corrected chi connectivity index (χ3v) is 2.70. The first-order valence-corrected chi connectivity index (χ1v) is 5.11. The monoisotopic (exact) mass is 221 g/mol. The Balaban J connectivity index is 2.85. The fourth-order valence-electron chi connectivity index (χ4n) is 1.66. The molecule has 0 unspecified atom stereocenters. The van der Waals surface area contributed by atoms with Crippen LogP contribution in [0.25, 0.3) is 10.9 Å². The molecule has 15 heavy (non-hydrogen) atoms. The van der Waals surface area contributed by atoms with Gasteiger partial charge in [-0.05, 0) is 37.6 Å². The minimum Gasteiger partial charge on any atom is -0.497 e. The molecule has 3 heteroatoms. The number of hydrogen-bond donors (Lipinski definition) is 0. The quantitative estimate of drug-likeness (QED) is 0.735. The van der Waals surface area contributed by atoms with Crippen molar-refractivity contribution < 1.29 is 4.74 Å². The maximum absolute atomic E-state index is 6.17. The van der Waals surface area contributed by atoms with Crippen LogP contribution in [0.5, 0.6) is 5.75 Å². The molecule has 1 aromatic heterocycles. The van der Waals surface area contributed by atoms with Crippen molar-refractivity contribution in [3.05, 3.63) is 34.5 Å².